The van der Waals surface area contributed by atoms with E-state index in [0.717, 1.165) is 12.2 Å². The number of fused-ring (bicyclic) bond motifs is 1. The van der Waals surface area contributed by atoms with Gasteiger partial charge >= 0.3 is 0 Å². The summed E-state index contributed by atoms with van der Waals surface area (Å²) in [5.74, 6) is 2.84. The predicted octanol–water partition coefficient (Wildman–Crippen LogP) is 3.41. The van der Waals surface area contributed by atoms with Crippen molar-refractivity contribution in [2.24, 2.45) is 0 Å². The van der Waals surface area contributed by atoms with Crippen molar-refractivity contribution in [2.45, 2.75) is 70.3 Å². The molecule has 1 atom stereocenters. The first-order valence-corrected chi connectivity index (χ1v) is 7.14. The van der Waals surface area contributed by atoms with Crippen LogP contribution >= 0.6 is 0 Å². The van der Waals surface area contributed by atoms with Crippen LogP contribution in [0.5, 0.6) is 0 Å². The third-order valence-electron chi connectivity index (χ3n) is 4.50. The van der Waals surface area contributed by atoms with Gasteiger partial charge in [0, 0.05) is 18.4 Å². The van der Waals surface area contributed by atoms with Crippen molar-refractivity contribution < 1.29 is 0 Å². The van der Waals surface area contributed by atoms with Crippen LogP contribution in [-0.4, -0.2) is 9.55 Å². The second kappa shape index (κ2) is 4.35. The monoisotopic (exact) mass is 233 g/mol. The Morgan fingerprint density at radius 2 is 1.88 bits per heavy atom. The van der Waals surface area contributed by atoms with Crippen LogP contribution in [0.25, 0.3) is 0 Å². The molecule has 0 saturated heterocycles. The van der Waals surface area contributed by atoms with E-state index in [1.165, 1.54) is 56.5 Å². The number of aromatic nitrogens is 2. The fraction of sp³-hybridized carbons (Fsp3) is 0.786. The van der Waals surface area contributed by atoms with Gasteiger partial charge < -0.3 is 10.3 Å². The summed E-state index contributed by atoms with van der Waals surface area (Å²) in [6.07, 6.45) is 10.3. The maximum absolute atomic E-state index is 6.35. The molecule has 1 saturated carbocycles. The van der Waals surface area contributed by atoms with Gasteiger partial charge in [-0.15, -0.1) is 0 Å². The molecule has 0 bridgehead atoms. The van der Waals surface area contributed by atoms with Gasteiger partial charge in [0.15, 0.2) is 0 Å². The summed E-state index contributed by atoms with van der Waals surface area (Å²) in [6.45, 7) is 2.27. The Labute approximate surface area is 103 Å². The van der Waals surface area contributed by atoms with Gasteiger partial charge in [-0.25, -0.2) is 4.98 Å². The van der Waals surface area contributed by atoms with Crippen molar-refractivity contribution in [1.82, 2.24) is 9.55 Å². The molecular formula is C14H23N3. The molecule has 0 spiro atoms. The Morgan fingerprint density at radius 3 is 2.59 bits per heavy atom. The average molecular weight is 233 g/mol. The zero-order valence-corrected chi connectivity index (χ0v) is 10.8. The maximum atomic E-state index is 6.35. The zero-order valence-electron chi connectivity index (χ0n) is 10.8. The minimum Gasteiger partial charge on any atom is -0.384 e. The third-order valence-corrected chi connectivity index (χ3v) is 4.50. The first-order valence-electron chi connectivity index (χ1n) is 7.14. The molecule has 1 unspecified atom stereocenters. The summed E-state index contributed by atoms with van der Waals surface area (Å²) in [7, 11) is 0. The van der Waals surface area contributed by atoms with E-state index >= 15 is 0 Å². The number of hydrogen-bond donors (Lipinski definition) is 1. The molecule has 3 heteroatoms. The lowest BCUT2D eigenvalue weighted by Gasteiger charge is -2.23. The second-order valence-electron chi connectivity index (χ2n) is 5.74. The summed E-state index contributed by atoms with van der Waals surface area (Å²) in [5, 5.41) is 0. The van der Waals surface area contributed by atoms with E-state index in [9.17, 15) is 0 Å². The molecule has 1 aromatic heterocycles. The second-order valence-corrected chi connectivity index (χ2v) is 5.74. The molecule has 1 aromatic rings. The topological polar surface area (TPSA) is 43.8 Å². The molecule has 0 radical (unpaired) electrons. The lowest BCUT2D eigenvalue weighted by molar-refractivity contribution is 0.430. The van der Waals surface area contributed by atoms with Gasteiger partial charge in [0.05, 0.1) is 5.69 Å². The molecule has 94 valence electrons. The van der Waals surface area contributed by atoms with Gasteiger partial charge in [-0.2, -0.15) is 0 Å². The van der Waals surface area contributed by atoms with E-state index in [4.69, 9.17) is 10.7 Å². The highest BCUT2D eigenvalue weighted by atomic mass is 15.2. The fourth-order valence-electron chi connectivity index (χ4n) is 3.54. The maximum Gasteiger partial charge on any atom is 0.127 e. The molecule has 1 aliphatic carbocycles. The van der Waals surface area contributed by atoms with E-state index in [1.807, 2.05) is 0 Å². The SMILES string of the molecule is CC1CCCc2nc(C3CCCCC3)c(N)n21. The number of hydrogen-bond acceptors (Lipinski definition) is 2. The standard InChI is InChI=1S/C14H23N3/c1-10-6-5-9-12-16-13(14(15)17(10)12)11-7-3-2-4-8-11/h10-11H,2-9,15H2,1H3. The van der Waals surface area contributed by atoms with Crippen LogP contribution in [0.4, 0.5) is 5.82 Å². The van der Waals surface area contributed by atoms with Crippen LogP contribution in [0, 0.1) is 0 Å². The van der Waals surface area contributed by atoms with Gasteiger partial charge in [-0.05, 0) is 32.6 Å². The Bertz CT molecular complexity index is 402. The molecule has 2 N–H and O–H groups in total. The number of imidazole rings is 1. The highest BCUT2D eigenvalue weighted by molar-refractivity contribution is 5.42. The van der Waals surface area contributed by atoms with Crippen molar-refractivity contribution in [3.63, 3.8) is 0 Å². The van der Waals surface area contributed by atoms with Crippen LogP contribution in [0.2, 0.25) is 0 Å². The molecule has 2 heterocycles. The van der Waals surface area contributed by atoms with Crippen LogP contribution in [-0.2, 0) is 6.42 Å². The lowest BCUT2D eigenvalue weighted by atomic mass is 9.87. The number of nitrogens with two attached hydrogens (primary N) is 1. The van der Waals surface area contributed by atoms with Gasteiger partial charge in [0.2, 0.25) is 0 Å². The third kappa shape index (κ3) is 1.85. The quantitative estimate of drug-likeness (QED) is 0.807. The molecule has 2 aliphatic rings. The number of nitrogen functional groups attached to an aromatic ring is 1. The molecule has 1 aliphatic heterocycles. The molecular weight excluding hydrogens is 210 g/mol. The normalized spacial score (nSPS) is 25.8. The molecule has 0 aromatic carbocycles. The Kier molecular flexibility index (Phi) is 2.85. The van der Waals surface area contributed by atoms with Crippen molar-refractivity contribution in [1.29, 1.82) is 0 Å². The minimum atomic E-state index is 0.545. The van der Waals surface area contributed by atoms with E-state index in [2.05, 4.69) is 11.5 Å². The fourth-order valence-corrected chi connectivity index (χ4v) is 3.54. The molecule has 0 amide bonds. The Morgan fingerprint density at radius 1 is 1.12 bits per heavy atom. The Balaban J connectivity index is 1.95. The van der Waals surface area contributed by atoms with Crippen molar-refractivity contribution in [3.8, 4) is 0 Å². The largest absolute Gasteiger partial charge is 0.384 e. The van der Waals surface area contributed by atoms with E-state index in [-0.39, 0.29) is 0 Å². The Hall–Kier alpha value is -0.990. The summed E-state index contributed by atoms with van der Waals surface area (Å²) < 4.78 is 2.30. The summed E-state index contributed by atoms with van der Waals surface area (Å²) in [4.78, 5) is 4.86. The number of aryl methyl sites for hydroxylation is 1. The summed E-state index contributed by atoms with van der Waals surface area (Å²) >= 11 is 0. The van der Waals surface area contributed by atoms with Gasteiger partial charge in [-0.3, -0.25) is 0 Å². The van der Waals surface area contributed by atoms with Crippen LogP contribution in [0.15, 0.2) is 0 Å². The molecule has 3 nitrogen and oxygen atoms in total. The van der Waals surface area contributed by atoms with E-state index in [0.29, 0.717) is 12.0 Å². The van der Waals surface area contributed by atoms with Crippen LogP contribution in [0.3, 0.4) is 0 Å². The van der Waals surface area contributed by atoms with Gasteiger partial charge in [0.1, 0.15) is 11.6 Å². The lowest BCUT2D eigenvalue weighted by Crippen LogP contribution is -2.17. The van der Waals surface area contributed by atoms with Gasteiger partial charge in [0.25, 0.3) is 0 Å². The van der Waals surface area contributed by atoms with E-state index < -0.39 is 0 Å². The van der Waals surface area contributed by atoms with Crippen molar-refractivity contribution in [2.75, 3.05) is 5.73 Å². The highest BCUT2D eigenvalue weighted by Gasteiger charge is 2.27. The van der Waals surface area contributed by atoms with Crippen molar-refractivity contribution in [3.05, 3.63) is 11.5 Å². The number of nitrogens with zero attached hydrogens (tertiary/aromatic N) is 2. The van der Waals surface area contributed by atoms with Crippen LogP contribution < -0.4 is 5.73 Å². The predicted molar refractivity (Wildman–Crippen MR) is 70.1 cm³/mol. The highest BCUT2D eigenvalue weighted by Crippen LogP contribution is 2.38. The molecule has 1 fully saturated rings. The molecule has 3 rings (SSSR count). The zero-order chi connectivity index (χ0) is 11.8. The smallest absolute Gasteiger partial charge is 0.127 e. The first kappa shape index (κ1) is 11.1. The minimum absolute atomic E-state index is 0.545. The van der Waals surface area contributed by atoms with Crippen molar-refractivity contribution >= 4 is 5.82 Å². The average Bonchev–Trinajstić information content (AvgIpc) is 2.69. The van der Waals surface area contributed by atoms with E-state index in [1.54, 1.807) is 0 Å². The summed E-state index contributed by atoms with van der Waals surface area (Å²) in [5.41, 5.74) is 7.56. The molecule has 17 heavy (non-hydrogen) atoms. The number of anilines is 1. The first-order chi connectivity index (χ1) is 8.27. The van der Waals surface area contributed by atoms with Gasteiger partial charge in [-0.1, -0.05) is 19.3 Å². The number of rotatable bonds is 1. The van der Waals surface area contributed by atoms with Crippen LogP contribution in [0.1, 0.15) is 75.3 Å². The summed E-state index contributed by atoms with van der Waals surface area (Å²) in [6, 6.07) is 0.545.